The normalized spacial score (nSPS) is 12.9. The highest BCUT2D eigenvalue weighted by molar-refractivity contribution is 5.72. The molecule has 0 saturated heterocycles. The second-order valence-corrected chi connectivity index (χ2v) is 3.65. The third-order valence-corrected chi connectivity index (χ3v) is 2.30. The number of nitrogens with one attached hydrogen (secondary N) is 1. The Hall–Kier alpha value is -1.32. The van der Waals surface area contributed by atoms with Gasteiger partial charge in [0.2, 0.25) is 0 Å². The number of carbonyl (C=O) groups is 1. The molecule has 1 aromatic heterocycles. The minimum absolute atomic E-state index is 0.0968. The van der Waals surface area contributed by atoms with Gasteiger partial charge in [0, 0.05) is 18.3 Å². The van der Waals surface area contributed by atoms with E-state index in [1.807, 2.05) is 13.8 Å². The van der Waals surface area contributed by atoms with Gasteiger partial charge in [-0.2, -0.15) is 0 Å². The molecule has 0 amide bonds. The van der Waals surface area contributed by atoms with E-state index in [1.165, 1.54) is 7.11 Å². The average Bonchev–Trinajstić information content (AvgIpc) is 2.65. The highest BCUT2D eigenvalue weighted by atomic mass is 16.5. The molecule has 0 radical (unpaired) electrons. The zero-order chi connectivity index (χ0) is 10.6. The van der Waals surface area contributed by atoms with E-state index in [0.29, 0.717) is 6.42 Å². The van der Waals surface area contributed by atoms with E-state index in [0.717, 1.165) is 5.69 Å². The van der Waals surface area contributed by atoms with E-state index >= 15 is 0 Å². The predicted molar refractivity (Wildman–Crippen MR) is 52.6 cm³/mol. The number of ether oxygens (including phenoxy) is 1. The lowest BCUT2D eigenvalue weighted by atomic mass is 9.91. The van der Waals surface area contributed by atoms with Crippen LogP contribution in [0.5, 0.6) is 0 Å². The molecule has 4 heteroatoms. The Kier molecular flexibility index (Phi) is 3.68. The van der Waals surface area contributed by atoms with Gasteiger partial charge in [-0.1, -0.05) is 13.8 Å². The van der Waals surface area contributed by atoms with Crippen LogP contribution in [-0.2, 0) is 16.0 Å². The first-order valence-corrected chi connectivity index (χ1v) is 4.70. The van der Waals surface area contributed by atoms with Crippen LogP contribution >= 0.6 is 0 Å². The standard InChI is InChI=1S/C10H16N2O2/c1-7(2)9(10(13)14-3)4-8-5-11-6-12-8/h5-7,9H,4H2,1-3H3,(H,11,12). The molecular weight excluding hydrogens is 180 g/mol. The lowest BCUT2D eigenvalue weighted by Gasteiger charge is -2.16. The molecule has 1 N–H and O–H groups in total. The Morgan fingerprint density at radius 2 is 2.36 bits per heavy atom. The van der Waals surface area contributed by atoms with Gasteiger partial charge in [-0.15, -0.1) is 0 Å². The fraction of sp³-hybridized carbons (Fsp3) is 0.600. The maximum absolute atomic E-state index is 11.4. The van der Waals surface area contributed by atoms with E-state index in [4.69, 9.17) is 4.74 Å². The fourth-order valence-electron chi connectivity index (χ4n) is 1.38. The number of H-pyrrole nitrogens is 1. The maximum Gasteiger partial charge on any atom is 0.309 e. The number of esters is 1. The number of imidazole rings is 1. The zero-order valence-electron chi connectivity index (χ0n) is 8.78. The zero-order valence-corrected chi connectivity index (χ0v) is 8.78. The van der Waals surface area contributed by atoms with Crippen LogP contribution in [0.1, 0.15) is 19.5 Å². The number of methoxy groups -OCH3 is 1. The summed E-state index contributed by atoms with van der Waals surface area (Å²) in [6.45, 7) is 4.02. The van der Waals surface area contributed by atoms with Gasteiger partial charge in [-0.3, -0.25) is 4.79 Å². The monoisotopic (exact) mass is 196 g/mol. The number of hydrogen-bond donors (Lipinski definition) is 1. The molecule has 78 valence electrons. The molecule has 0 fully saturated rings. The number of hydrogen-bond acceptors (Lipinski definition) is 3. The number of rotatable bonds is 4. The summed E-state index contributed by atoms with van der Waals surface area (Å²) >= 11 is 0. The second kappa shape index (κ2) is 4.79. The Balaban J connectivity index is 2.65. The van der Waals surface area contributed by atoms with Crippen molar-refractivity contribution in [2.24, 2.45) is 11.8 Å². The van der Waals surface area contributed by atoms with Crippen molar-refractivity contribution in [1.29, 1.82) is 0 Å². The van der Waals surface area contributed by atoms with E-state index in [9.17, 15) is 4.79 Å². The summed E-state index contributed by atoms with van der Waals surface area (Å²) in [5.74, 6) is 0.0146. The van der Waals surface area contributed by atoms with Crippen molar-refractivity contribution in [3.8, 4) is 0 Å². The highest BCUT2D eigenvalue weighted by Gasteiger charge is 2.23. The Morgan fingerprint density at radius 3 is 2.79 bits per heavy atom. The first kappa shape index (κ1) is 10.8. The smallest absolute Gasteiger partial charge is 0.309 e. The second-order valence-electron chi connectivity index (χ2n) is 3.65. The van der Waals surface area contributed by atoms with Crippen LogP contribution < -0.4 is 0 Å². The maximum atomic E-state index is 11.4. The minimum Gasteiger partial charge on any atom is -0.469 e. The molecule has 0 bridgehead atoms. The number of carbonyl (C=O) groups excluding carboxylic acids is 1. The van der Waals surface area contributed by atoms with Crippen LogP contribution in [-0.4, -0.2) is 23.0 Å². The third-order valence-electron chi connectivity index (χ3n) is 2.30. The van der Waals surface area contributed by atoms with Crippen LogP contribution in [0.25, 0.3) is 0 Å². The third kappa shape index (κ3) is 2.58. The van der Waals surface area contributed by atoms with Crippen molar-refractivity contribution in [1.82, 2.24) is 9.97 Å². The summed E-state index contributed by atoms with van der Waals surface area (Å²) in [6, 6.07) is 0. The predicted octanol–water partition coefficient (Wildman–Crippen LogP) is 1.40. The van der Waals surface area contributed by atoms with Crippen LogP contribution in [0.2, 0.25) is 0 Å². The van der Waals surface area contributed by atoms with E-state index in [-0.39, 0.29) is 17.8 Å². The molecule has 1 unspecified atom stereocenters. The summed E-state index contributed by atoms with van der Waals surface area (Å²) < 4.78 is 4.75. The largest absolute Gasteiger partial charge is 0.469 e. The van der Waals surface area contributed by atoms with Crippen molar-refractivity contribution in [3.05, 3.63) is 18.2 Å². The lowest BCUT2D eigenvalue weighted by Crippen LogP contribution is -2.24. The lowest BCUT2D eigenvalue weighted by molar-refractivity contribution is -0.146. The van der Waals surface area contributed by atoms with Gasteiger partial charge in [0.1, 0.15) is 0 Å². The van der Waals surface area contributed by atoms with Crippen LogP contribution in [0.15, 0.2) is 12.5 Å². The van der Waals surface area contributed by atoms with Crippen molar-refractivity contribution in [2.75, 3.05) is 7.11 Å². The summed E-state index contributed by atoms with van der Waals surface area (Å²) in [4.78, 5) is 18.3. The number of nitrogens with zero attached hydrogens (tertiary/aromatic N) is 1. The molecule has 0 aliphatic rings. The van der Waals surface area contributed by atoms with E-state index < -0.39 is 0 Å². The molecule has 1 heterocycles. The van der Waals surface area contributed by atoms with Gasteiger partial charge in [0.15, 0.2) is 0 Å². The van der Waals surface area contributed by atoms with Gasteiger partial charge in [0.25, 0.3) is 0 Å². The summed E-state index contributed by atoms with van der Waals surface area (Å²) in [5.41, 5.74) is 0.967. The molecular formula is C10H16N2O2. The average molecular weight is 196 g/mol. The van der Waals surface area contributed by atoms with Gasteiger partial charge in [0.05, 0.1) is 19.4 Å². The van der Waals surface area contributed by atoms with Crippen molar-refractivity contribution in [2.45, 2.75) is 20.3 Å². The van der Waals surface area contributed by atoms with Crippen LogP contribution in [0.4, 0.5) is 0 Å². The van der Waals surface area contributed by atoms with Crippen molar-refractivity contribution < 1.29 is 9.53 Å². The van der Waals surface area contributed by atoms with Gasteiger partial charge in [-0.05, 0) is 5.92 Å². The van der Waals surface area contributed by atoms with Crippen molar-refractivity contribution in [3.63, 3.8) is 0 Å². The van der Waals surface area contributed by atoms with E-state index in [2.05, 4.69) is 9.97 Å². The van der Waals surface area contributed by atoms with Gasteiger partial charge >= 0.3 is 5.97 Å². The molecule has 1 rings (SSSR count). The number of aromatic nitrogens is 2. The molecule has 14 heavy (non-hydrogen) atoms. The quantitative estimate of drug-likeness (QED) is 0.740. The molecule has 1 aromatic rings. The summed E-state index contributed by atoms with van der Waals surface area (Å²) in [6.07, 6.45) is 4.01. The molecule has 0 spiro atoms. The number of aromatic amines is 1. The Bertz CT molecular complexity index is 280. The summed E-state index contributed by atoms with van der Waals surface area (Å²) in [5, 5.41) is 0. The van der Waals surface area contributed by atoms with Crippen LogP contribution in [0, 0.1) is 11.8 Å². The Morgan fingerprint density at radius 1 is 1.64 bits per heavy atom. The van der Waals surface area contributed by atoms with Gasteiger partial charge < -0.3 is 9.72 Å². The molecule has 1 atom stereocenters. The minimum atomic E-state index is -0.158. The van der Waals surface area contributed by atoms with E-state index in [1.54, 1.807) is 12.5 Å². The van der Waals surface area contributed by atoms with Crippen LogP contribution in [0.3, 0.4) is 0 Å². The fourth-order valence-corrected chi connectivity index (χ4v) is 1.38. The first-order valence-electron chi connectivity index (χ1n) is 4.70. The SMILES string of the molecule is COC(=O)C(Cc1cnc[nH]1)C(C)C. The van der Waals surface area contributed by atoms with Crippen molar-refractivity contribution >= 4 is 5.97 Å². The first-order chi connectivity index (χ1) is 6.65. The summed E-state index contributed by atoms with van der Waals surface area (Å²) in [7, 11) is 1.42. The highest BCUT2D eigenvalue weighted by Crippen LogP contribution is 2.17. The molecule has 0 aromatic carbocycles. The molecule has 0 aliphatic carbocycles. The molecule has 0 saturated carbocycles. The Labute approximate surface area is 83.7 Å². The molecule has 4 nitrogen and oxygen atoms in total. The molecule has 0 aliphatic heterocycles. The topological polar surface area (TPSA) is 55.0 Å². The van der Waals surface area contributed by atoms with Gasteiger partial charge in [-0.25, -0.2) is 4.98 Å².